The fourth-order valence-corrected chi connectivity index (χ4v) is 1.97. The second-order valence-corrected chi connectivity index (χ2v) is 4.16. The summed E-state index contributed by atoms with van der Waals surface area (Å²) in [6.07, 6.45) is 3.26. The average molecular weight is 212 g/mol. The first-order chi connectivity index (χ1) is 7.10. The van der Waals surface area contributed by atoms with Crippen molar-refractivity contribution in [3.05, 3.63) is 11.9 Å². The van der Waals surface area contributed by atoms with E-state index in [9.17, 15) is 4.79 Å². The van der Waals surface area contributed by atoms with Crippen LogP contribution in [-0.4, -0.2) is 31.6 Å². The van der Waals surface area contributed by atoms with Crippen molar-refractivity contribution in [2.75, 3.05) is 20.7 Å². The number of ether oxygens (including phenoxy) is 1. The summed E-state index contributed by atoms with van der Waals surface area (Å²) in [6, 6.07) is 0. The Hall–Kier alpha value is -1.19. The van der Waals surface area contributed by atoms with E-state index in [1.165, 1.54) is 0 Å². The molecule has 1 aliphatic rings. The Balaban J connectivity index is 2.62. The van der Waals surface area contributed by atoms with Crippen LogP contribution in [0.15, 0.2) is 11.9 Å². The zero-order chi connectivity index (χ0) is 11.4. The van der Waals surface area contributed by atoms with Crippen LogP contribution in [0.1, 0.15) is 19.8 Å². The molecule has 0 aromatic carbocycles. The zero-order valence-electron chi connectivity index (χ0n) is 9.69. The minimum absolute atomic E-state index is 0.0416. The van der Waals surface area contributed by atoms with Crippen molar-refractivity contribution < 1.29 is 9.53 Å². The highest BCUT2D eigenvalue weighted by Crippen LogP contribution is 2.30. The smallest absolute Gasteiger partial charge is 0.309 e. The highest BCUT2D eigenvalue weighted by molar-refractivity contribution is 5.74. The summed E-state index contributed by atoms with van der Waals surface area (Å²) in [6.45, 7) is 2.55. The Bertz CT molecular complexity index is 261. The molecule has 0 amide bonds. The largest absolute Gasteiger partial charge is 0.465 e. The maximum Gasteiger partial charge on any atom is 0.309 e. The van der Waals surface area contributed by atoms with E-state index in [4.69, 9.17) is 10.5 Å². The van der Waals surface area contributed by atoms with E-state index in [1.807, 2.05) is 25.9 Å². The Morgan fingerprint density at radius 1 is 1.67 bits per heavy atom. The highest BCUT2D eigenvalue weighted by atomic mass is 16.5. The Labute approximate surface area is 91.1 Å². The van der Waals surface area contributed by atoms with Crippen LogP contribution in [0.25, 0.3) is 0 Å². The summed E-state index contributed by atoms with van der Waals surface area (Å²) in [7, 11) is 3.91. The van der Waals surface area contributed by atoms with E-state index in [0.29, 0.717) is 6.61 Å². The van der Waals surface area contributed by atoms with Crippen LogP contribution >= 0.6 is 0 Å². The number of carbonyl (C=O) groups is 1. The summed E-state index contributed by atoms with van der Waals surface area (Å²) in [5.74, 6) is 0.261. The second-order valence-electron chi connectivity index (χ2n) is 4.16. The van der Waals surface area contributed by atoms with E-state index in [-0.39, 0.29) is 17.8 Å². The number of allylic oxidation sites excluding steroid dienone is 1. The number of nitrogens with two attached hydrogens (primary N) is 1. The molecule has 2 N–H and O–H groups in total. The molecule has 15 heavy (non-hydrogen) atoms. The lowest BCUT2D eigenvalue weighted by molar-refractivity contribution is -0.141. The first kappa shape index (κ1) is 11.9. The van der Waals surface area contributed by atoms with Gasteiger partial charge >= 0.3 is 5.97 Å². The topological polar surface area (TPSA) is 55.6 Å². The van der Waals surface area contributed by atoms with Crippen LogP contribution in [0.4, 0.5) is 0 Å². The predicted octanol–water partition coefficient (Wildman–Crippen LogP) is 0.937. The van der Waals surface area contributed by atoms with E-state index >= 15 is 0 Å². The van der Waals surface area contributed by atoms with Crippen LogP contribution in [0, 0.1) is 11.8 Å². The summed E-state index contributed by atoms with van der Waals surface area (Å²) < 4.78 is 5.07. The van der Waals surface area contributed by atoms with Crippen molar-refractivity contribution >= 4 is 5.97 Å². The summed E-state index contributed by atoms with van der Waals surface area (Å²) >= 11 is 0. The molecule has 0 aliphatic carbocycles. The molecule has 2 unspecified atom stereocenters. The van der Waals surface area contributed by atoms with Gasteiger partial charge in [0.1, 0.15) is 0 Å². The minimum atomic E-state index is -0.0578. The van der Waals surface area contributed by atoms with Crippen LogP contribution in [-0.2, 0) is 9.53 Å². The lowest BCUT2D eigenvalue weighted by Gasteiger charge is -2.21. The van der Waals surface area contributed by atoms with Gasteiger partial charge in [-0.1, -0.05) is 6.92 Å². The van der Waals surface area contributed by atoms with Crippen LogP contribution < -0.4 is 5.73 Å². The summed E-state index contributed by atoms with van der Waals surface area (Å²) in [5, 5.41) is 0. The lowest BCUT2D eigenvalue weighted by atomic mass is 9.89. The Morgan fingerprint density at radius 3 is 2.80 bits per heavy atom. The second kappa shape index (κ2) is 5.05. The highest BCUT2D eigenvalue weighted by Gasteiger charge is 2.35. The molecule has 1 rings (SSSR count). The van der Waals surface area contributed by atoms with E-state index < -0.39 is 0 Å². The number of esters is 1. The van der Waals surface area contributed by atoms with Crippen molar-refractivity contribution in [1.29, 1.82) is 0 Å². The Morgan fingerprint density at radius 2 is 2.33 bits per heavy atom. The SMILES string of the molecule is CCC1C(=O)OCC1C/C(=C/N)N(C)C. The third-order valence-corrected chi connectivity index (χ3v) is 2.99. The average Bonchev–Trinajstić information content (AvgIpc) is 2.54. The minimum Gasteiger partial charge on any atom is -0.465 e. The maximum absolute atomic E-state index is 11.4. The molecule has 0 saturated carbocycles. The summed E-state index contributed by atoms with van der Waals surface area (Å²) in [5.41, 5.74) is 6.60. The number of rotatable bonds is 4. The van der Waals surface area contributed by atoms with Gasteiger partial charge in [0.2, 0.25) is 0 Å². The van der Waals surface area contributed by atoms with E-state index in [1.54, 1.807) is 6.20 Å². The van der Waals surface area contributed by atoms with Crippen LogP contribution in [0.3, 0.4) is 0 Å². The molecule has 0 bridgehead atoms. The van der Waals surface area contributed by atoms with Gasteiger partial charge in [0, 0.05) is 31.9 Å². The van der Waals surface area contributed by atoms with Crippen molar-refractivity contribution in [1.82, 2.24) is 4.90 Å². The van der Waals surface area contributed by atoms with Gasteiger partial charge in [-0.05, 0) is 12.8 Å². The first-order valence-corrected chi connectivity index (χ1v) is 5.34. The summed E-state index contributed by atoms with van der Waals surface area (Å²) in [4.78, 5) is 13.4. The number of cyclic esters (lactones) is 1. The molecule has 0 radical (unpaired) electrons. The molecular weight excluding hydrogens is 192 g/mol. The molecule has 0 aromatic rings. The molecule has 1 saturated heterocycles. The van der Waals surface area contributed by atoms with Gasteiger partial charge in [0.15, 0.2) is 0 Å². The van der Waals surface area contributed by atoms with E-state index in [2.05, 4.69) is 0 Å². The van der Waals surface area contributed by atoms with Crippen molar-refractivity contribution in [3.8, 4) is 0 Å². The molecule has 1 aliphatic heterocycles. The van der Waals surface area contributed by atoms with Crippen molar-refractivity contribution in [2.24, 2.45) is 17.6 Å². The number of nitrogens with zero attached hydrogens (tertiary/aromatic N) is 1. The van der Waals surface area contributed by atoms with Crippen LogP contribution in [0.2, 0.25) is 0 Å². The van der Waals surface area contributed by atoms with Crippen molar-refractivity contribution in [3.63, 3.8) is 0 Å². The normalized spacial score (nSPS) is 26.6. The molecule has 2 atom stereocenters. The molecule has 0 aromatic heterocycles. The molecule has 4 nitrogen and oxygen atoms in total. The van der Waals surface area contributed by atoms with Gasteiger partial charge < -0.3 is 15.4 Å². The fraction of sp³-hybridized carbons (Fsp3) is 0.727. The molecular formula is C11H20N2O2. The standard InChI is InChI=1S/C11H20N2O2/c1-4-10-8(7-15-11(10)14)5-9(6-12)13(2)3/h6,8,10H,4-5,7,12H2,1-3H3/b9-6-. The van der Waals surface area contributed by atoms with Gasteiger partial charge in [-0.25, -0.2) is 0 Å². The van der Waals surface area contributed by atoms with E-state index in [0.717, 1.165) is 18.5 Å². The third kappa shape index (κ3) is 2.64. The number of hydrogen-bond acceptors (Lipinski definition) is 4. The van der Waals surface area contributed by atoms with Gasteiger partial charge in [-0.2, -0.15) is 0 Å². The van der Waals surface area contributed by atoms with Gasteiger partial charge in [-0.3, -0.25) is 4.79 Å². The molecule has 86 valence electrons. The molecule has 0 spiro atoms. The van der Waals surface area contributed by atoms with Gasteiger partial charge in [0.05, 0.1) is 12.5 Å². The lowest BCUT2D eigenvalue weighted by Crippen LogP contribution is -2.21. The monoisotopic (exact) mass is 212 g/mol. The molecule has 4 heteroatoms. The maximum atomic E-state index is 11.4. The predicted molar refractivity (Wildman–Crippen MR) is 58.8 cm³/mol. The number of hydrogen-bond donors (Lipinski definition) is 1. The third-order valence-electron chi connectivity index (χ3n) is 2.99. The zero-order valence-corrected chi connectivity index (χ0v) is 9.69. The van der Waals surface area contributed by atoms with Crippen LogP contribution in [0.5, 0.6) is 0 Å². The fourth-order valence-electron chi connectivity index (χ4n) is 1.97. The molecule has 1 heterocycles. The van der Waals surface area contributed by atoms with Gasteiger partial charge in [-0.15, -0.1) is 0 Å². The Kier molecular flexibility index (Phi) is 4.00. The number of carbonyl (C=O) groups excluding carboxylic acids is 1. The first-order valence-electron chi connectivity index (χ1n) is 5.34. The molecule has 1 fully saturated rings. The quantitative estimate of drug-likeness (QED) is 0.705. The van der Waals surface area contributed by atoms with Crippen molar-refractivity contribution in [2.45, 2.75) is 19.8 Å². The van der Waals surface area contributed by atoms with Gasteiger partial charge in [0.25, 0.3) is 0 Å².